The molecule has 524 valence electrons. The number of hydrogen-bond donors (Lipinski definition) is 0. The number of unbranched alkanes of at least 4 members (excludes halogenated alkanes) is 15. The molecule has 6 rings (SSSR count). The van der Waals surface area contributed by atoms with E-state index in [-0.39, 0.29) is 36.5 Å². The normalized spacial score (nSPS) is 11.1. The number of esters is 3. The van der Waals surface area contributed by atoms with Gasteiger partial charge in [-0.1, -0.05) is 119 Å². The number of hydrogen-bond acceptors (Lipinski definition) is 18. The Morgan fingerprint density at radius 2 is 0.588 bits per heavy atom. The predicted octanol–water partition coefficient (Wildman–Crippen LogP) is 18.8. The fraction of sp³-hybridized carbons (Fsp3) is 0.440. The van der Waals surface area contributed by atoms with E-state index in [1.807, 2.05) is 0 Å². The van der Waals surface area contributed by atoms with Gasteiger partial charge in [-0.3, -0.25) is 14.4 Å². The van der Waals surface area contributed by atoms with Gasteiger partial charge in [-0.2, -0.15) is 0 Å². The molecule has 0 aliphatic rings. The average Bonchev–Trinajstić information content (AvgIpc) is 0.881. The highest BCUT2D eigenvalue weighted by molar-refractivity contribution is 6.31. The second kappa shape index (κ2) is 43.7. The van der Waals surface area contributed by atoms with Crippen LogP contribution in [0.2, 0.25) is 15.1 Å². The molecule has 0 spiro atoms. The van der Waals surface area contributed by atoms with Crippen molar-refractivity contribution >= 4 is 70.1 Å². The van der Waals surface area contributed by atoms with Gasteiger partial charge in [-0.05, 0) is 226 Å². The first-order valence-corrected chi connectivity index (χ1v) is 34.0. The number of benzene rings is 6. The summed E-state index contributed by atoms with van der Waals surface area (Å²) in [6.45, 7) is 13.6. The van der Waals surface area contributed by atoms with E-state index in [1.54, 1.807) is 187 Å². The van der Waals surface area contributed by atoms with Crippen molar-refractivity contribution < 1.29 is 72.0 Å². The van der Waals surface area contributed by atoms with Crippen molar-refractivity contribution in [2.45, 2.75) is 181 Å². The molecule has 0 fully saturated rings. The van der Waals surface area contributed by atoms with Crippen LogP contribution >= 0.6 is 34.8 Å². The van der Waals surface area contributed by atoms with E-state index < -0.39 is 33.8 Å². The number of halogens is 3. The van der Waals surface area contributed by atoms with Gasteiger partial charge in [0.05, 0.1) is 26.4 Å². The van der Waals surface area contributed by atoms with Gasteiger partial charge in [0.2, 0.25) is 0 Å². The van der Waals surface area contributed by atoms with Crippen LogP contribution in [0.15, 0.2) is 151 Å². The lowest BCUT2D eigenvalue weighted by molar-refractivity contribution is -0.757. The Kier molecular flexibility index (Phi) is 36.5. The third kappa shape index (κ3) is 31.6. The zero-order chi connectivity index (χ0) is 71.1. The first kappa shape index (κ1) is 81.0. The molecule has 22 heteroatoms. The third-order valence-corrected chi connectivity index (χ3v) is 15.6. The molecule has 0 unspecified atom stereocenters. The zero-order valence-corrected chi connectivity index (χ0v) is 58.9. The second-order valence-corrected chi connectivity index (χ2v) is 25.6. The van der Waals surface area contributed by atoms with Crippen molar-refractivity contribution in [3.63, 3.8) is 0 Å². The van der Waals surface area contributed by atoms with Gasteiger partial charge < -0.3 is 38.1 Å². The number of rotatable bonds is 42. The van der Waals surface area contributed by atoms with Gasteiger partial charge in [0.15, 0.2) is 39.5 Å². The Hall–Kier alpha value is -8.39. The van der Waals surface area contributed by atoms with Crippen LogP contribution < -0.4 is 14.2 Å². The molecular weight excluding hydrogens is 1310 g/mol. The molecule has 6 aromatic rings. The largest absolute Gasteiger partial charge is 0.476 e. The Morgan fingerprint density at radius 1 is 0.361 bits per heavy atom. The molecule has 97 heavy (non-hydrogen) atoms. The standard InChI is InChI=1S/C26H33ClO4.C25H30ClNO6.C24H28ClNO7/c1-4-5-6-7-8-9-10-19-30-25(29)26(2,3)31-23-17-13-21(14-18-23)24(28)20-11-15-22(27)16-12-20;1-25(2,24(29)31-17-7-5-3-4-6-8-18-32-27-30)33-22-15-11-20(12-16-22)23(28)19-9-13-21(26)14-10-19;1-24(2,23(28)31-16-6-4-3-5-7-17-32-26(29)30)33-21-14-10-19(11-15-21)22(27)18-8-12-20(25)13-9-18/h11-18H,4-10,19H2,1-3H3;9-16H,3-8,17-18H2,1-2H3;8-15H,3-7,16-17H2,1-2H3. The van der Waals surface area contributed by atoms with Crippen molar-refractivity contribution in [3.05, 3.63) is 209 Å². The van der Waals surface area contributed by atoms with Gasteiger partial charge in [-0.15, -0.1) is 15.0 Å². The van der Waals surface area contributed by atoms with Crippen LogP contribution in [0.1, 0.15) is 212 Å². The summed E-state index contributed by atoms with van der Waals surface area (Å²) in [7, 11) is 0. The molecule has 0 amide bonds. The molecule has 0 aliphatic heterocycles. The van der Waals surface area contributed by atoms with Crippen LogP contribution in [0.25, 0.3) is 0 Å². The van der Waals surface area contributed by atoms with Crippen LogP contribution in [0.5, 0.6) is 17.2 Å². The maximum Gasteiger partial charge on any atom is 0.349 e. The van der Waals surface area contributed by atoms with Gasteiger partial charge >= 0.3 is 17.9 Å². The topological polar surface area (TPSA) is 249 Å². The SMILES string of the molecule is CC(C)(Oc1ccc(C(=O)c2ccc(Cl)cc2)cc1)C(=O)OCCCCCCCCON=O.CC(C)(Oc1ccc(C(=O)c2ccc(Cl)cc2)cc1)C(=O)OCCCCCCCO[N+](=O)[O-].CCCCCCCCCOC(=O)C(C)(C)Oc1ccc(C(=O)c2ccc(Cl)cc2)cc1. The van der Waals surface area contributed by atoms with E-state index >= 15 is 0 Å². The van der Waals surface area contributed by atoms with Crippen LogP contribution in [0, 0.1) is 15.0 Å². The number of carbonyl (C=O) groups excluding carboxylic acids is 6. The lowest BCUT2D eigenvalue weighted by Crippen LogP contribution is -2.39. The van der Waals surface area contributed by atoms with Crippen LogP contribution in [-0.4, -0.2) is 90.2 Å². The number of ketones is 3. The summed E-state index contributed by atoms with van der Waals surface area (Å²) in [5, 5.41) is 13.3. The Balaban J connectivity index is 0.000000309. The van der Waals surface area contributed by atoms with Crippen molar-refractivity contribution in [2.75, 3.05) is 33.0 Å². The van der Waals surface area contributed by atoms with Crippen molar-refractivity contribution in [1.29, 1.82) is 0 Å². The minimum atomic E-state index is -1.19. The summed E-state index contributed by atoms with van der Waals surface area (Å²) >= 11 is 17.6. The summed E-state index contributed by atoms with van der Waals surface area (Å²) in [4.78, 5) is 103. The molecule has 0 bridgehead atoms. The molecule has 19 nitrogen and oxygen atoms in total. The Morgan fingerprint density at radius 3 is 0.835 bits per heavy atom. The van der Waals surface area contributed by atoms with Crippen molar-refractivity contribution in [1.82, 2.24) is 0 Å². The maximum absolute atomic E-state index is 12.6. The van der Waals surface area contributed by atoms with Gasteiger partial charge in [0, 0.05) is 48.4 Å². The lowest BCUT2D eigenvalue weighted by atomic mass is 10.0. The van der Waals surface area contributed by atoms with Crippen molar-refractivity contribution in [3.8, 4) is 17.2 Å². The van der Waals surface area contributed by atoms with Crippen molar-refractivity contribution in [2.24, 2.45) is 5.34 Å². The van der Waals surface area contributed by atoms with Gasteiger partial charge in [-0.25, -0.2) is 14.4 Å². The van der Waals surface area contributed by atoms with E-state index in [4.69, 9.17) is 63.2 Å². The molecular formula is C75H91Cl3N2O17. The molecule has 0 heterocycles. The van der Waals surface area contributed by atoms with Crippen LogP contribution in [-0.2, 0) is 38.3 Å². The minimum absolute atomic E-state index is 0.100. The fourth-order valence-electron chi connectivity index (χ4n) is 9.30. The number of carbonyl (C=O) groups is 6. The van der Waals surface area contributed by atoms with E-state index in [0.29, 0.717) is 98.4 Å². The second-order valence-electron chi connectivity index (χ2n) is 24.3. The van der Waals surface area contributed by atoms with E-state index in [1.165, 1.54) is 32.1 Å². The van der Waals surface area contributed by atoms with Gasteiger partial charge in [0.25, 0.3) is 5.09 Å². The minimum Gasteiger partial charge on any atom is -0.476 e. The predicted molar refractivity (Wildman–Crippen MR) is 374 cm³/mol. The fourth-order valence-corrected chi connectivity index (χ4v) is 9.68. The maximum atomic E-state index is 12.6. The van der Waals surface area contributed by atoms with Crippen LogP contribution in [0.4, 0.5) is 0 Å². The van der Waals surface area contributed by atoms with E-state index in [9.17, 15) is 43.8 Å². The summed E-state index contributed by atoms with van der Waals surface area (Å²) in [5.41, 5.74) is -0.281. The smallest absolute Gasteiger partial charge is 0.349 e. The Labute approximate surface area is 584 Å². The summed E-state index contributed by atoms with van der Waals surface area (Å²) in [6.07, 6.45) is 17.6. The molecule has 0 aliphatic carbocycles. The monoisotopic (exact) mass is 1400 g/mol. The average molecular weight is 1400 g/mol. The highest BCUT2D eigenvalue weighted by atomic mass is 35.5. The first-order chi connectivity index (χ1) is 46.3. The number of ether oxygens (including phenoxy) is 6. The quantitative estimate of drug-likeness (QED) is 0.00657. The summed E-state index contributed by atoms with van der Waals surface area (Å²) < 4.78 is 33.5. The molecule has 0 aromatic heterocycles. The third-order valence-electron chi connectivity index (χ3n) is 14.9. The Bertz CT molecular complexity index is 3360. The molecule has 0 saturated carbocycles. The first-order valence-electron chi connectivity index (χ1n) is 32.9. The molecule has 0 saturated heterocycles. The van der Waals surface area contributed by atoms with Gasteiger partial charge in [0.1, 0.15) is 23.9 Å². The molecule has 0 radical (unpaired) electrons. The molecule has 0 atom stereocenters. The molecule has 6 aromatic carbocycles. The molecule has 0 N–H and O–H groups in total. The lowest BCUT2D eigenvalue weighted by Gasteiger charge is -2.24. The van der Waals surface area contributed by atoms with E-state index in [2.05, 4.69) is 21.9 Å². The zero-order valence-electron chi connectivity index (χ0n) is 56.6. The summed E-state index contributed by atoms with van der Waals surface area (Å²) in [5.74, 6) is -0.252. The van der Waals surface area contributed by atoms with Crippen LogP contribution in [0.3, 0.4) is 0 Å². The number of nitrogens with zero attached hydrogens (tertiary/aromatic N) is 2. The summed E-state index contributed by atoms with van der Waals surface area (Å²) in [6, 6.07) is 40.1. The highest BCUT2D eigenvalue weighted by Gasteiger charge is 2.34. The van der Waals surface area contributed by atoms with E-state index in [0.717, 1.165) is 70.6 Å². The highest BCUT2D eigenvalue weighted by Crippen LogP contribution is 2.27.